The SMILES string of the molecule is CCc1nc(NC(=O)C(F)F)sc1C. The number of rotatable bonds is 3. The number of alkyl halides is 2. The maximum Gasteiger partial charge on any atom is 0.315 e. The van der Waals surface area contributed by atoms with Gasteiger partial charge in [0, 0.05) is 4.88 Å². The van der Waals surface area contributed by atoms with Crippen molar-refractivity contribution in [2.45, 2.75) is 26.7 Å². The van der Waals surface area contributed by atoms with Gasteiger partial charge in [-0.05, 0) is 13.3 Å². The van der Waals surface area contributed by atoms with E-state index >= 15 is 0 Å². The minimum atomic E-state index is -3.00. The molecule has 0 bridgehead atoms. The Bertz CT molecular complexity index is 338. The molecule has 14 heavy (non-hydrogen) atoms. The second kappa shape index (κ2) is 4.45. The number of aromatic nitrogens is 1. The first-order chi connectivity index (χ1) is 6.54. The highest BCUT2D eigenvalue weighted by Crippen LogP contribution is 2.22. The Morgan fingerprint density at radius 2 is 2.29 bits per heavy atom. The Labute approximate surface area is 84.2 Å². The third-order valence-electron chi connectivity index (χ3n) is 1.66. The predicted molar refractivity (Wildman–Crippen MR) is 50.9 cm³/mol. The van der Waals surface area contributed by atoms with Gasteiger partial charge in [0.05, 0.1) is 5.69 Å². The van der Waals surface area contributed by atoms with E-state index in [9.17, 15) is 13.6 Å². The Balaban J connectivity index is 2.73. The van der Waals surface area contributed by atoms with E-state index in [-0.39, 0.29) is 5.13 Å². The largest absolute Gasteiger partial charge is 0.315 e. The van der Waals surface area contributed by atoms with Crippen LogP contribution in [-0.2, 0) is 11.2 Å². The number of halogens is 2. The van der Waals surface area contributed by atoms with E-state index in [4.69, 9.17) is 0 Å². The van der Waals surface area contributed by atoms with Gasteiger partial charge in [0.25, 0.3) is 5.91 Å². The van der Waals surface area contributed by atoms with Crippen molar-refractivity contribution in [3.05, 3.63) is 10.6 Å². The molecule has 0 saturated heterocycles. The predicted octanol–water partition coefficient (Wildman–Crippen LogP) is 2.22. The summed E-state index contributed by atoms with van der Waals surface area (Å²) >= 11 is 1.21. The average Bonchev–Trinajstić information content (AvgIpc) is 2.45. The number of nitrogens with one attached hydrogen (secondary N) is 1. The summed E-state index contributed by atoms with van der Waals surface area (Å²) in [6, 6.07) is 0. The zero-order valence-electron chi connectivity index (χ0n) is 7.80. The van der Waals surface area contributed by atoms with Gasteiger partial charge >= 0.3 is 6.43 Å². The first-order valence-corrected chi connectivity index (χ1v) is 4.91. The van der Waals surface area contributed by atoms with Crippen LogP contribution in [-0.4, -0.2) is 17.3 Å². The molecule has 0 saturated carbocycles. The van der Waals surface area contributed by atoms with E-state index < -0.39 is 12.3 Å². The standard InChI is InChI=1S/C8H10F2N2OS/c1-3-5-4(2)14-8(11-5)12-7(13)6(9)10/h6H,3H2,1-2H3,(H,11,12,13). The molecule has 0 aliphatic heterocycles. The summed E-state index contributed by atoms with van der Waals surface area (Å²) < 4.78 is 23.7. The van der Waals surface area contributed by atoms with Crippen molar-refractivity contribution in [2.24, 2.45) is 0 Å². The summed E-state index contributed by atoms with van der Waals surface area (Å²) in [7, 11) is 0. The summed E-state index contributed by atoms with van der Waals surface area (Å²) in [5, 5.41) is 2.30. The van der Waals surface area contributed by atoms with Crippen molar-refractivity contribution >= 4 is 22.4 Å². The number of nitrogens with zero attached hydrogens (tertiary/aromatic N) is 1. The molecule has 0 spiro atoms. The molecular formula is C8H10F2N2OS. The van der Waals surface area contributed by atoms with E-state index in [0.717, 1.165) is 17.0 Å². The van der Waals surface area contributed by atoms with Crippen LogP contribution < -0.4 is 5.32 Å². The normalized spacial score (nSPS) is 10.6. The van der Waals surface area contributed by atoms with Gasteiger partial charge < -0.3 is 0 Å². The summed E-state index contributed by atoms with van der Waals surface area (Å²) in [6.45, 7) is 3.76. The highest BCUT2D eigenvalue weighted by Gasteiger charge is 2.17. The molecule has 0 aromatic carbocycles. The maximum atomic E-state index is 11.9. The monoisotopic (exact) mass is 220 g/mol. The van der Waals surface area contributed by atoms with Gasteiger partial charge in [0.1, 0.15) is 0 Å². The molecule has 78 valence electrons. The lowest BCUT2D eigenvalue weighted by molar-refractivity contribution is -0.126. The molecule has 1 aromatic rings. The molecule has 3 nitrogen and oxygen atoms in total. The average molecular weight is 220 g/mol. The number of hydrogen-bond donors (Lipinski definition) is 1. The highest BCUT2D eigenvalue weighted by atomic mass is 32.1. The summed E-state index contributed by atoms with van der Waals surface area (Å²) in [5.41, 5.74) is 0.833. The Hall–Kier alpha value is -1.04. The van der Waals surface area contributed by atoms with Crippen LogP contribution in [0.1, 0.15) is 17.5 Å². The number of carbonyl (C=O) groups is 1. The third-order valence-corrected chi connectivity index (χ3v) is 2.58. The zero-order valence-corrected chi connectivity index (χ0v) is 8.62. The van der Waals surface area contributed by atoms with E-state index in [0.29, 0.717) is 0 Å². The Morgan fingerprint density at radius 1 is 1.64 bits per heavy atom. The topological polar surface area (TPSA) is 42.0 Å². The maximum absolute atomic E-state index is 11.9. The second-order valence-electron chi connectivity index (χ2n) is 2.67. The van der Waals surface area contributed by atoms with Crippen molar-refractivity contribution in [1.82, 2.24) is 4.98 Å². The van der Waals surface area contributed by atoms with Crippen molar-refractivity contribution < 1.29 is 13.6 Å². The smallest absolute Gasteiger partial charge is 0.297 e. The minimum absolute atomic E-state index is 0.240. The fourth-order valence-electron chi connectivity index (χ4n) is 0.969. The van der Waals surface area contributed by atoms with Gasteiger partial charge in [-0.15, -0.1) is 11.3 Å². The first kappa shape index (κ1) is 11.0. The molecule has 1 N–H and O–H groups in total. The van der Waals surface area contributed by atoms with Crippen LogP contribution in [0.2, 0.25) is 0 Å². The van der Waals surface area contributed by atoms with E-state index in [1.165, 1.54) is 11.3 Å². The van der Waals surface area contributed by atoms with Crippen molar-refractivity contribution in [3.63, 3.8) is 0 Å². The lowest BCUT2D eigenvalue weighted by Crippen LogP contribution is -2.19. The molecule has 1 heterocycles. The summed E-state index contributed by atoms with van der Waals surface area (Å²) in [5.74, 6) is -1.30. The van der Waals surface area contributed by atoms with Crippen molar-refractivity contribution in [1.29, 1.82) is 0 Å². The molecule has 0 atom stereocenters. The number of thiazole rings is 1. The lowest BCUT2D eigenvalue weighted by atomic mass is 10.3. The van der Waals surface area contributed by atoms with E-state index in [1.54, 1.807) is 0 Å². The zero-order chi connectivity index (χ0) is 10.7. The number of aryl methyl sites for hydroxylation is 2. The number of hydrogen-bond acceptors (Lipinski definition) is 3. The van der Waals surface area contributed by atoms with Gasteiger partial charge in [-0.25, -0.2) is 4.98 Å². The van der Waals surface area contributed by atoms with Gasteiger partial charge in [0.15, 0.2) is 5.13 Å². The first-order valence-electron chi connectivity index (χ1n) is 4.10. The van der Waals surface area contributed by atoms with Crippen LogP contribution in [0.4, 0.5) is 13.9 Å². The molecule has 0 aliphatic carbocycles. The molecular weight excluding hydrogens is 210 g/mol. The van der Waals surface area contributed by atoms with E-state index in [2.05, 4.69) is 10.3 Å². The summed E-state index contributed by atoms with van der Waals surface area (Å²) in [4.78, 5) is 15.6. The number of carbonyl (C=O) groups excluding carboxylic acids is 1. The highest BCUT2D eigenvalue weighted by molar-refractivity contribution is 7.15. The van der Waals surface area contributed by atoms with Gasteiger partial charge in [-0.1, -0.05) is 6.92 Å². The summed E-state index contributed by atoms with van der Waals surface area (Å²) in [6.07, 6.45) is -2.27. The van der Waals surface area contributed by atoms with Gasteiger partial charge in [-0.3, -0.25) is 10.1 Å². The van der Waals surface area contributed by atoms with Crippen LogP contribution in [0.25, 0.3) is 0 Å². The second-order valence-corrected chi connectivity index (χ2v) is 3.87. The van der Waals surface area contributed by atoms with Gasteiger partial charge in [0.2, 0.25) is 0 Å². The number of amides is 1. The third kappa shape index (κ3) is 2.47. The quantitative estimate of drug-likeness (QED) is 0.848. The van der Waals surface area contributed by atoms with Crippen LogP contribution in [0, 0.1) is 6.92 Å². The molecule has 0 aliphatic rings. The molecule has 0 fully saturated rings. The fraction of sp³-hybridized carbons (Fsp3) is 0.500. The molecule has 6 heteroatoms. The van der Waals surface area contributed by atoms with Crippen LogP contribution in [0.15, 0.2) is 0 Å². The molecule has 1 rings (SSSR count). The molecule has 0 radical (unpaired) electrons. The molecule has 1 aromatic heterocycles. The Kier molecular flexibility index (Phi) is 3.51. The van der Waals surface area contributed by atoms with Crippen LogP contribution >= 0.6 is 11.3 Å². The number of anilines is 1. The van der Waals surface area contributed by atoms with Crippen LogP contribution in [0.5, 0.6) is 0 Å². The molecule has 0 unspecified atom stereocenters. The fourth-order valence-corrected chi connectivity index (χ4v) is 1.87. The van der Waals surface area contributed by atoms with Crippen LogP contribution in [0.3, 0.4) is 0 Å². The lowest BCUT2D eigenvalue weighted by Gasteiger charge is -1.97. The molecule has 1 amide bonds. The van der Waals surface area contributed by atoms with Crippen molar-refractivity contribution in [3.8, 4) is 0 Å². The van der Waals surface area contributed by atoms with E-state index in [1.807, 2.05) is 13.8 Å². The minimum Gasteiger partial charge on any atom is -0.297 e. The van der Waals surface area contributed by atoms with Gasteiger partial charge in [-0.2, -0.15) is 8.78 Å². The Morgan fingerprint density at radius 3 is 2.71 bits per heavy atom. The van der Waals surface area contributed by atoms with Crippen molar-refractivity contribution in [2.75, 3.05) is 5.32 Å².